The van der Waals surface area contributed by atoms with Crippen LogP contribution in [0, 0.1) is 12.8 Å². The molecule has 1 aliphatic rings. The maximum absolute atomic E-state index is 13.8. The van der Waals surface area contributed by atoms with Crippen molar-refractivity contribution >= 4 is 12.0 Å². The first-order chi connectivity index (χ1) is 21.3. The maximum atomic E-state index is 13.8. The van der Waals surface area contributed by atoms with E-state index in [0.29, 0.717) is 36.4 Å². The lowest BCUT2D eigenvalue weighted by Gasteiger charge is -2.28. The molecule has 0 unspecified atom stereocenters. The van der Waals surface area contributed by atoms with Gasteiger partial charge in [0, 0.05) is 42.9 Å². The fraction of sp³-hybridized carbons (Fsp3) is 0.455. The normalized spacial score (nSPS) is 19.6. The first-order valence-corrected chi connectivity index (χ1v) is 15.0. The molecule has 1 aromatic heterocycles. The van der Waals surface area contributed by atoms with E-state index in [1.54, 1.807) is 56.9 Å². The van der Waals surface area contributed by atoms with Gasteiger partial charge in [-0.05, 0) is 70.4 Å². The molecule has 4 N–H and O–H groups in total. The molecule has 242 valence electrons. The van der Waals surface area contributed by atoms with Crippen molar-refractivity contribution in [2.24, 2.45) is 5.92 Å². The second-order valence-corrected chi connectivity index (χ2v) is 12.3. The number of H-pyrrole nitrogens is 1. The molecule has 4 atom stereocenters. The smallest absolute Gasteiger partial charge is 0.407 e. The summed E-state index contributed by atoms with van der Waals surface area (Å²) < 4.78 is 12.2. The average molecular weight is 623 g/mol. The first-order valence-electron chi connectivity index (χ1n) is 15.0. The Balaban J connectivity index is 1.41. The third kappa shape index (κ3) is 9.05. The van der Waals surface area contributed by atoms with Crippen molar-refractivity contribution in [1.29, 1.82) is 0 Å². The number of aliphatic hydroxyl groups excluding tert-OH is 2. The molecule has 0 saturated heterocycles. The number of nitrogens with one attached hydrogen (secondary N) is 2. The number of hydrogen-bond acceptors (Lipinski definition) is 8. The van der Waals surface area contributed by atoms with Crippen LogP contribution in [-0.2, 0) is 11.3 Å². The average Bonchev–Trinajstić information content (AvgIpc) is 3.26. The van der Waals surface area contributed by atoms with Crippen LogP contribution in [0.5, 0.6) is 5.75 Å². The summed E-state index contributed by atoms with van der Waals surface area (Å²) in [6.45, 7) is 8.08. The zero-order chi connectivity index (χ0) is 32.7. The van der Waals surface area contributed by atoms with Crippen molar-refractivity contribution in [2.45, 2.75) is 70.9 Å². The summed E-state index contributed by atoms with van der Waals surface area (Å²) in [5, 5.41) is 24.6. The van der Waals surface area contributed by atoms with E-state index in [-0.39, 0.29) is 25.4 Å². The Kier molecular flexibility index (Phi) is 10.8. The number of hydrogen-bond donors (Lipinski definition) is 4. The molecule has 2 amide bonds. The van der Waals surface area contributed by atoms with E-state index in [9.17, 15) is 29.4 Å². The van der Waals surface area contributed by atoms with Crippen molar-refractivity contribution in [3.8, 4) is 5.75 Å². The number of carbonyl (C=O) groups excluding carboxylic acids is 2. The SMILES string of the molecule is Cc1cn([C@@H]2C[C@@H](CN(Cc3ccccc3)C(=O)c3ccc(OCCCNC(=O)OC(C)(C)C)cc3)[C@@H](O)[C@@H]2O)c(=O)[nH]c1=O. The number of aliphatic hydroxyl groups is 2. The number of amides is 2. The van der Waals surface area contributed by atoms with Crippen molar-refractivity contribution in [2.75, 3.05) is 19.7 Å². The number of alkyl carbamates (subject to hydrolysis) is 1. The number of benzene rings is 2. The van der Waals surface area contributed by atoms with Crippen molar-refractivity contribution < 1.29 is 29.3 Å². The number of ether oxygens (including phenoxy) is 2. The molecule has 45 heavy (non-hydrogen) atoms. The molecule has 0 bridgehead atoms. The van der Waals surface area contributed by atoms with Gasteiger partial charge in [-0.1, -0.05) is 30.3 Å². The lowest BCUT2D eigenvalue weighted by molar-refractivity contribution is -0.000571. The van der Waals surface area contributed by atoms with Gasteiger partial charge in [-0.3, -0.25) is 19.1 Å². The van der Waals surface area contributed by atoms with Gasteiger partial charge in [0.1, 0.15) is 17.5 Å². The van der Waals surface area contributed by atoms with Crippen LogP contribution >= 0.6 is 0 Å². The van der Waals surface area contributed by atoms with Gasteiger partial charge in [-0.15, -0.1) is 0 Å². The zero-order valence-corrected chi connectivity index (χ0v) is 26.1. The molecule has 1 aliphatic carbocycles. The Hall–Kier alpha value is -4.42. The van der Waals surface area contributed by atoms with Crippen LogP contribution in [0.15, 0.2) is 70.4 Å². The number of rotatable bonds is 11. The summed E-state index contributed by atoms with van der Waals surface area (Å²) in [6.07, 6.45) is -0.768. The highest BCUT2D eigenvalue weighted by Crippen LogP contribution is 2.35. The third-order valence-electron chi connectivity index (χ3n) is 7.59. The molecular formula is C33H42N4O8. The summed E-state index contributed by atoms with van der Waals surface area (Å²) >= 11 is 0. The van der Waals surface area contributed by atoms with E-state index in [1.807, 2.05) is 30.3 Å². The Morgan fingerprint density at radius 3 is 2.40 bits per heavy atom. The number of aromatic nitrogens is 2. The van der Waals surface area contributed by atoms with E-state index in [1.165, 1.54) is 10.8 Å². The minimum atomic E-state index is -1.26. The molecule has 1 heterocycles. The Morgan fingerprint density at radius 1 is 1.04 bits per heavy atom. The van der Waals surface area contributed by atoms with E-state index >= 15 is 0 Å². The lowest BCUT2D eigenvalue weighted by atomic mass is 10.0. The Labute approximate surface area is 261 Å². The molecule has 3 aromatic rings. The van der Waals surface area contributed by atoms with Gasteiger partial charge < -0.3 is 29.9 Å². The van der Waals surface area contributed by atoms with Crippen LogP contribution in [0.4, 0.5) is 4.79 Å². The van der Waals surface area contributed by atoms with Gasteiger partial charge >= 0.3 is 11.8 Å². The standard InChI is InChI=1S/C33H42N4O8/c1-21-18-37(31(42)35-29(21)40)26-17-24(27(38)28(26)39)20-36(19-22-9-6-5-7-10-22)30(41)23-11-13-25(14-12-23)44-16-8-15-34-32(43)45-33(2,3)4/h5-7,9-14,18,24,26-28,38-39H,8,15-17,19-20H2,1-4H3,(H,34,43)(H,35,40,42)/t24-,26+,27+,28+/m0/s1. The molecule has 1 fully saturated rings. The largest absolute Gasteiger partial charge is 0.494 e. The number of aromatic amines is 1. The highest BCUT2D eigenvalue weighted by molar-refractivity contribution is 5.94. The fourth-order valence-electron chi connectivity index (χ4n) is 5.34. The Morgan fingerprint density at radius 2 is 1.73 bits per heavy atom. The Bertz CT molecular complexity index is 1560. The number of aryl methyl sites for hydroxylation is 1. The molecule has 0 spiro atoms. The van der Waals surface area contributed by atoms with Crippen LogP contribution in [0.1, 0.15) is 61.1 Å². The molecule has 2 aromatic carbocycles. The number of carbonyl (C=O) groups is 2. The maximum Gasteiger partial charge on any atom is 0.407 e. The van der Waals surface area contributed by atoms with E-state index in [4.69, 9.17) is 9.47 Å². The summed E-state index contributed by atoms with van der Waals surface area (Å²) in [4.78, 5) is 53.8. The minimum absolute atomic E-state index is 0.127. The van der Waals surface area contributed by atoms with Gasteiger partial charge in [0.25, 0.3) is 11.5 Å². The highest BCUT2D eigenvalue weighted by Gasteiger charge is 2.44. The van der Waals surface area contributed by atoms with Crippen molar-refractivity contribution in [1.82, 2.24) is 19.8 Å². The number of nitrogens with zero attached hydrogens (tertiary/aromatic N) is 2. The second kappa shape index (κ2) is 14.6. The summed E-state index contributed by atoms with van der Waals surface area (Å²) in [6, 6.07) is 15.4. The highest BCUT2D eigenvalue weighted by atomic mass is 16.6. The monoisotopic (exact) mass is 622 g/mol. The fourth-order valence-corrected chi connectivity index (χ4v) is 5.34. The predicted molar refractivity (Wildman–Crippen MR) is 167 cm³/mol. The van der Waals surface area contributed by atoms with Gasteiger partial charge in [0.05, 0.1) is 18.8 Å². The van der Waals surface area contributed by atoms with Gasteiger partial charge in [-0.2, -0.15) is 0 Å². The molecule has 1 saturated carbocycles. The quantitative estimate of drug-likeness (QED) is 0.237. The van der Waals surface area contributed by atoms with Crippen molar-refractivity contribution in [3.63, 3.8) is 0 Å². The molecular weight excluding hydrogens is 580 g/mol. The van der Waals surface area contributed by atoms with E-state index < -0.39 is 47.1 Å². The second-order valence-electron chi connectivity index (χ2n) is 12.3. The van der Waals surface area contributed by atoms with Gasteiger partial charge in [0.15, 0.2) is 0 Å². The van der Waals surface area contributed by atoms with Gasteiger partial charge in [-0.25, -0.2) is 9.59 Å². The summed E-state index contributed by atoms with van der Waals surface area (Å²) in [5.41, 5.74) is -0.120. The van der Waals surface area contributed by atoms with Crippen LogP contribution < -0.4 is 21.3 Å². The molecule has 4 rings (SSSR count). The zero-order valence-electron chi connectivity index (χ0n) is 26.1. The van der Waals surface area contributed by atoms with Crippen LogP contribution in [0.2, 0.25) is 0 Å². The first kappa shape index (κ1) is 33.5. The molecule has 12 nitrogen and oxygen atoms in total. The van der Waals surface area contributed by atoms with Crippen LogP contribution in [-0.4, -0.2) is 74.2 Å². The lowest BCUT2D eigenvalue weighted by Crippen LogP contribution is -2.39. The predicted octanol–water partition coefficient (Wildman–Crippen LogP) is 2.76. The van der Waals surface area contributed by atoms with E-state index in [0.717, 1.165) is 5.56 Å². The molecule has 0 aliphatic heterocycles. The van der Waals surface area contributed by atoms with Crippen LogP contribution in [0.25, 0.3) is 0 Å². The molecule has 12 heteroatoms. The third-order valence-corrected chi connectivity index (χ3v) is 7.59. The molecule has 0 radical (unpaired) electrons. The van der Waals surface area contributed by atoms with Crippen LogP contribution in [0.3, 0.4) is 0 Å². The summed E-state index contributed by atoms with van der Waals surface area (Å²) in [5.74, 6) is -0.236. The topological polar surface area (TPSA) is 163 Å². The van der Waals surface area contributed by atoms with E-state index in [2.05, 4.69) is 10.3 Å². The van der Waals surface area contributed by atoms with Crippen molar-refractivity contribution in [3.05, 3.63) is 98.3 Å². The van der Waals surface area contributed by atoms with Gasteiger partial charge in [0.2, 0.25) is 0 Å². The summed E-state index contributed by atoms with van der Waals surface area (Å²) in [7, 11) is 0. The minimum Gasteiger partial charge on any atom is -0.494 e.